The molecule has 0 unspecified atom stereocenters. The monoisotopic (exact) mass is 499 g/mol. The van der Waals surface area contributed by atoms with E-state index in [2.05, 4.69) is 25.1 Å². The number of hydrogen-bond donors (Lipinski definition) is 2. The standard InChI is InChI=1S/C22H25N7O5S/c1-16-3-9-19(10-4-16)35(32,33)26-25-21-20(29(30)31)22(24-15-23-21)28-13-11-27(12-14-28)17-5-7-18(34-2)8-6-17/h3-10,15,26H,11-14H2,1-2H3,(H,23,24,25). The van der Waals surface area contributed by atoms with Crippen molar-refractivity contribution in [1.29, 1.82) is 0 Å². The SMILES string of the molecule is COc1ccc(N2CCN(c3ncnc(NNS(=O)(=O)c4ccc(C)cc4)c3[N+](=O)[O-])CC2)cc1. The van der Waals surface area contributed by atoms with Gasteiger partial charge in [0.2, 0.25) is 11.6 Å². The maximum atomic E-state index is 12.6. The molecule has 2 heterocycles. The molecule has 0 amide bonds. The molecule has 0 radical (unpaired) electrons. The van der Waals surface area contributed by atoms with Crippen LogP contribution in [0.1, 0.15) is 5.56 Å². The highest BCUT2D eigenvalue weighted by molar-refractivity contribution is 7.89. The van der Waals surface area contributed by atoms with Crippen molar-refractivity contribution in [2.24, 2.45) is 0 Å². The molecule has 0 bridgehead atoms. The van der Waals surface area contributed by atoms with Crippen LogP contribution in [0.2, 0.25) is 0 Å². The first-order chi connectivity index (χ1) is 16.8. The summed E-state index contributed by atoms with van der Waals surface area (Å²) >= 11 is 0. The second-order valence-electron chi connectivity index (χ2n) is 7.87. The minimum atomic E-state index is -3.97. The van der Waals surface area contributed by atoms with Crippen molar-refractivity contribution in [2.75, 3.05) is 48.5 Å². The first-order valence-electron chi connectivity index (χ1n) is 10.8. The van der Waals surface area contributed by atoms with E-state index in [4.69, 9.17) is 4.74 Å². The molecule has 12 nitrogen and oxygen atoms in total. The van der Waals surface area contributed by atoms with E-state index in [0.717, 1.165) is 17.0 Å². The Morgan fingerprint density at radius 3 is 2.20 bits per heavy atom. The molecule has 1 aliphatic rings. The third-order valence-corrected chi connectivity index (χ3v) is 6.90. The average Bonchev–Trinajstić information content (AvgIpc) is 2.87. The van der Waals surface area contributed by atoms with Crippen molar-refractivity contribution < 1.29 is 18.1 Å². The smallest absolute Gasteiger partial charge is 0.354 e. The van der Waals surface area contributed by atoms with Gasteiger partial charge in [0, 0.05) is 31.9 Å². The third kappa shape index (κ3) is 5.41. The molecule has 3 aromatic rings. The number of rotatable bonds is 8. The zero-order chi connectivity index (χ0) is 25.0. The molecule has 35 heavy (non-hydrogen) atoms. The number of anilines is 3. The fourth-order valence-electron chi connectivity index (χ4n) is 3.72. The Balaban J connectivity index is 1.49. The molecule has 0 spiro atoms. The van der Waals surface area contributed by atoms with Crippen molar-refractivity contribution in [1.82, 2.24) is 14.8 Å². The number of piperazine rings is 1. The number of nitrogens with one attached hydrogen (secondary N) is 2. The molecular formula is C22H25N7O5S. The van der Waals surface area contributed by atoms with Crippen LogP contribution in [0.15, 0.2) is 59.8 Å². The van der Waals surface area contributed by atoms with E-state index in [-0.39, 0.29) is 16.5 Å². The Labute approximate surface area is 202 Å². The molecular weight excluding hydrogens is 474 g/mol. The number of nitro groups is 1. The highest BCUT2D eigenvalue weighted by Crippen LogP contribution is 2.32. The minimum absolute atomic E-state index is 0.0159. The van der Waals surface area contributed by atoms with Crippen LogP contribution in [0.4, 0.5) is 23.0 Å². The number of aryl methyl sites for hydroxylation is 1. The van der Waals surface area contributed by atoms with Gasteiger partial charge in [0.05, 0.1) is 16.9 Å². The predicted octanol–water partition coefficient (Wildman–Crippen LogP) is 2.33. The van der Waals surface area contributed by atoms with E-state index in [0.29, 0.717) is 26.2 Å². The van der Waals surface area contributed by atoms with Crippen LogP contribution in [0.25, 0.3) is 0 Å². The van der Waals surface area contributed by atoms with Crippen LogP contribution in [0.3, 0.4) is 0 Å². The van der Waals surface area contributed by atoms with Crippen molar-refractivity contribution in [2.45, 2.75) is 11.8 Å². The molecule has 1 aliphatic heterocycles. The maximum absolute atomic E-state index is 12.6. The lowest BCUT2D eigenvalue weighted by Crippen LogP contribution is -2.47. The lowest BCUT2D eigenvalue weighted by atomic mass is 10.2. The summed E-state index contributed by atoms with van der Waals surface area (Å²) in [4.78, 5) is 25.5. The second-order valence-corrected chi connectivity index (χ2v) is 9.55. The molecule has 13 heteroatoms. The average molecular weight is 500 g/mol. The fourth-order valence-corrected chi connectivity index (χ4v) is 4.57. The number of hydrazine groups is 1. The topological polar surface area (TPSA) is 143 Å². The number of methoxy groups -OCH3 is 1. The number of hydrogen-bond acceptors (Lipinski definition) is 10. The van der Waals surface area contributed by atoms with Crippen LogP contribution < -0.4 is 24.8 Å². The Morgan fingerprint density at radius 2 is 1.60 bits per heavy atom. The van der Waals surface area contributed by atoms with E-state index in [1.165, 1.54) is 18.5 Å². The Bertz CT molecular complexity index is 1290. The number of ether oxygens (including phenoxy) is 1. The summed E-state index contributed by atoms with van der Waals surface area (Å²) < 4.78 is 30.4. The van der Waals surface area contributed by atoms with Crippen LogP contribution in [-0.2, 0) is 10.0 Å². The largest absolute Gasteiger partial charge is 0.497 e. The van der Waals surface area contributed by atoms with Gasteiger partial charge in [-0.15, -0.1) is 4.83 Å². The third-order valence-electron chi connectivity index (χ3n) is 5.64. The van der Waals surface area contributed by atoms with Gasteiger partial charge < -0.3 is 14.5 Å². The molecule has 2 aromatic carbocycles. The van der Waals surface area contributed by atoms with Crippen molar-refractivity contribution in [3.8, 4) is 5.75 Å². The van der Waals surface area contributed by atoms with E-state index in [9.17, 15) is 18.5 Å². The summed E-state index contributed by atoms with van der Waals surface area (Å²) in [6, 6.07) is 13.9. The molecule has 1 fully saturated rings. The first-order valence-corrected chi connectivity index (χ1v) is 12.2. The molecule has 0 atom stereocenters. The van der Waals surface area contributed by atoms with E-state index < -0.39 is 20.6 Å². The highest BCUT2D eigenvalue weighted by Gasteiger charge is 2.30. The molecule has 1 aromatic heterocycles. The minimum Gasteiger partial charge on any atom is -0.497 e. The summed E-state index contributed by atoms with van der Waals surface area (Å²) in [5, 5.41) is 11.9. The van der Waals surface area contributed by atoms with Gasteiger partial charge in [0.25, 0.3) is 10.0 Å². The lowest BCUT2D eigenvalue weighted by Gasteiger charge is -2.36. The Morgan fingerprint density at radius 1 is 0.971 bits per heavy atom. The molecule has 2 N–H and O–H groups in total. The van der Waals surface area contributed by atoms with Gasteiger partial charge >= 0.3 is 5.69 Å². The van der Waals surface area contributed by atoms with Gasteiger partial charge in [-0.3, -0.25) is 15.5 Å². The van der Waals surface area contributed by atoms with E-state index in [1.807, 2.05) is 31.2 Å². The molecule has 1 saturated heterocycles. The number of aromatic nitrogens is 2. The Hall–Kier alpha value is -3.97. The summed E-state index contributed by atoms with van der Waals surface area (Å²) in [7, 11) is -2.36. The summed E-state index contributed by atoms with van der Waals surface area (Å²) in [6.07, 6.45) is 1.17. The fraction of sp³-hybridized carbons (Fsp3) is 0.273. The van der Waals surface area contributed by atoms with E-state index >= 15 is 0 Å². The zero-order valence-electron chi connectivity index (χ0n) is 19.2. The molecule has 4 rings (SSSR count). The van der Waals surface area contributed by atoms with Crippen LogP contribution in [0.5, 0.6) is 5.75 Å². The molecule has 0 saturated carbocycles. The van der Waals surface area contributed by atoms with Crippen molar-refractivity contribution >= 4 is 33.0 Å². The zero-order valence-corrected chi connectivity index (χ0v) is 20.0. The Kier molecular flexibility index (Phi) is 6.98. The highest BCUT2D eigenvalue weighted by atomic mass is 32.2. The van der Waals surface area contributed by atoms with Gasteiger partial charge in [-0.05, 0) is 43.3 Å². The number of benzene rings is 2. The maximum Gasteiger partial charge on any atom is 0.354 e. The van der Waals surface area contributed by atoms with Gasteiger partial charge in [-0.2, -0.15) is 0 Å². The normalized spacial score (nSPS) is 14.0. The van der Waals surface area contributed by atoms with Gasteiger partial charge in [-0.1, -0.05) is 17.7 Å². The molecule has 184 valence electrons. The number of sulfonamides is 1. The summed E-state index contributed by atoms with van der Waals surface area (Å²) in [5.41, 5.74) is 3.91. The quantitative estimate of drug-likeness (QED) is 0.350. The predicted molar refractivity (Wildman–Crippen MR) is 131 cm³/mol. The van der Waals surface area contributed by atoms with Crippen LogP contribution >= 0.6 is 0 Å². The van der Waals surface area contributed by atoms with Crippen molar-refractivity contribution in [3.63, 3.8) is 0 Å². The number of nitrogens with zero attached hydrogens (tertiary/aromatic N) is 5. The molecule has 0 aliphatic carbocycles. The van der Waals surface area contributed by atoms with Gasteiger partial charge in [0.15, 0.2) is 0 Å². The van der Waals surface area contributed by atoms with Crippen LogP contribution in [-0.4, -0.2) is 56.6 Å². The first kappa shape index (κ1) is 24.2. The van der Waals surface area contributed by atoms with Gasteiger partial charge in [0.1, 0.15) is 12.1 Å². The summed E-state index contributed by atoms with van der Waals surface area (Å²) in [6.45, 7) is 4.05. The van der Waals surface area contributed by atoms with E-state index in [1.54, 1.807) is 24.1 Å². The van der Waals surface area contributed by atoms with Crippen molar-refractivity contribution in [3.05, 3.63) is 70.5 Å². The lowest BCUT2D eigenvalue weighted by molar-refractivity contribution is -0.383. The second kappa shape index (κ2) is 10.1. The van der Waals surface area contributed by atoms with Crippen LogP contribution in [0, 0.1) is 17.0 Å². The summed E-state index contributed by atoms with van der Waals surface area (Å²) in [5.74, 6) is 0.645. The van der Waals surface area contributed by atoms with Gasteiger partial charge in [-0.25, -0.2) is 18.4 Å².